The van der Waals surface area contributed by atoms with Crippen LogP contribution in [0.25, 0.3) is 0 Å². The first kappa shape index (κ1) is 25.2. The molecule has 14 heteroatoms. The van der Waals surface area contributed by atoms with E-state index in [2.05, 4.69) is 9.82 Å². The van der Waals surface area contributed by atoms with E-state index >= 15 is 0 Å². The summed E-state index contributed by atoms with van der Waals surface area (Å²) in [6.07, 6.45) is -3.11. The smallest absolute Gasteiger partial charge is 0.368 e. The third kappa shape index (κ3) is 6.23. The molecule has 1 aromatic carbocycles. The summed E-state index contributed by atoms with van der Waals surface area (Å²) in [7, 11) is -3.52. The minimum atomic E-state index is -4.53. The maximum atomic E-state index is 13.7. The van der Waals surface area contributed by atoms with E-state index in [-0.39, 0.29) is 31.0 Å². The number of hydrogen-bond donors (Lipinski definition) is 1. The van der Waals surface area contributed by atoms with Crippen molar-refractivity contribution in [2.45, 2.75) is 25.3 Å². The number of alkyl halides is 4. The monoisotopic (exact) mass is 518 g/mol. The van der Waals surface area contributed by atoms with E-state index in [1.54, 1.807) is 4.90 Å². The van der Waals surface area contributed by atoms with Gasteiger partial charge in [0.15, 0.2) is 5.82 Å². The van der Waals surface area contributed by atoms with E-state index < -0.39 is 34.0 Å². The summed E-state index contributed by atoms with van der Waals surface area (Å²) in [6, 6.07) is 4.95. The number of carbonyl (C=O) groups is 1. The van der Waals surface area contributed by atoms with Crippen LogP contribution in [0, 0.1) is 0 Å². The van der Waals surface area contributed by atoms with Gasteiger partial charge in [-0.15, -0.1) is 5.10 Å². The van der Waals surface area contributed by atoms with Gasteiger partial charge in [-0.3, -0.25) is 9.62 Å². The highest BCUT2D eigenvalue weighted by Crippen LogP contribution is 2.38. The molecular weight excluding hydrogens is 492 g/mol. The highest BCUT2D eigenvalue weighted by molar-refractivity contribution is 7.92. The predicted molar refractivity (Wildman–Crippen MR) is 122 cm³/mol. The van der Waals surface area contributed by atoms with Gasteiger partial charge in [0.1, 0.15) is 6.17 Å². The van der Waals surface area contributed by atoms with E-state index in [0.717, 1.165) is 17.0 Å². The van der Waals surface area contributed by atoms with Crippen LogP contribution < -0.4 is 9.62 Å². The average molecular weight is 519 g/mol. The predicted octanol–water partition coefficient (Wildman–Crippen LogP) is 2.61. The molecule has 2 aliphatic heterocycles. The molecule has 0 radical (unpaired) electrons. The molecule has 9 nitrogen and oxygen atoms in total. The number of amides is 1. The molecule has 1 amide bonds. The molecule has 0 unspecified atom stereocenters. The first-order chi connectivity index (χ1) is 16.4. The van der Waals surface area contributed by atoms with Crippen molar-refractivity contribution in [1.82, 2.24) is 19.6 Å². The van der Waals surface area contributed by atoms with Crippen molar-refractivity contribution in [3.05, 3.63) is 41.6 Å². The van der Waals surface area contributed by atoms with Gasteiger partial charge in [0, 0.05) is 63.8 Å². The molecule has 1 atom stereocenters. The zero-order valence-electron chi connectivity index (χ0n) is 19.0. The van der Waals surface area contributed by atoms with E-state index in [9.17, 15) is 30.8 Å². The van der Waals surface area contributed by atoms with Crippen molar-refractivity contribution < 1.29 is 30.8 Å². The molecule has 2 aromatic rings. The maximum Gasteiger partial charge on any atom is 0.418 e. The standard InChI is InChI=1S/C21H26F4N6O3S/c1-35(33,34)27-19-5-7-31(26-19)20(32)29-10-8-28(9-11-29)13-15-2-3-17(21(23,24)25)18(12-15)30-6-4-16(22)14-30/h2-3,5,7,12,16H,4,6,8-11,13-14H2,1H3,(H,26,27)/t16-/m1/s1. The van der Waals surface area contributed by atoms with Gasteiger partial charge in [-0.1, -0.05) is 6.07 Å². The molecule has 2 fully saturated rings. The fraction of sp³-hybridized carbons (Fsp3) is 0.524. The van der Waals surface area contributed by atoms with Crippen LogP contribution in [0.1, 0.15) is 17.5 Å². The normalized spacial score (nSPS) is 19.9. The SMILES string of the molecule is CS(=O)(=O)Nc1ccn(C(=O)N2CCN(Cc3ccc(C(F)(F)F)c(N4CC[C@@H](F)C4)c3)CC2)n1. The van der Waals surface area contributed by atoms with Gasteiger partial charge < -0.3 is 9.80 Å². The number of hydrogen-bond acceptors (Lipinski definition) is 6. The summed E-state index contributed by atoms with van der Waals surface area (Å²) < 4.78 is 80.1. The molecule has 0 aliphatic carbocycles. The number of nitrogens with one attached hydrogen (secondary N) is 1. The molecule has 3 heterocycles. The number of nitrogens with zero attached hydrogens (tertiary/aromatic N) is 5. The lowest BCUT2D eigenvalue weighted by Crippen LogP contribution is -2.49. The fourth-order valence-electron chi connectivity index (χ4n) is 4.29. The molecule has 2 aliphatic rings. The van der Waals surface area contributed by atoms with Crippen molar-refractivity contribution >= 4 is 27.6 Å². The summed E-state index contributed by atoms with van der Waals surface area (Å²) in [4.78, 5) is 17.7. The Labute approximate surface area is 200 Å². The molecule has 192 valence electrons. The van der Waals surface area contributed by atoms with Crippen LogP contribution >= 0.6 is 0 Å². The Morgan fingerprint density at radius 1 is 1.14 bits per heavy atom. The largest absolute Gasteiger partial charge is 0.418 e. The summed E-state index contributed by atoms with van der Waals surface area (Å²) in [6.45, 7) is 2.31. The van der Waals surface area contributed by atoms with Gasteiger partial charge in [0.25, 0.3) is 0 Å². The number of benzene rings is 1. The Balaban J connectivity index is 1.38. The van der Waals surface area contributed by atoms with Gasteiger partial charge in [-0.05, 0) is 24.1 Å². The van der Waals surface area contributed by atoms with Gasteiger partial charge in [-0.25, -0.2) is 17.6 Å². The fourth-order valence-corrected chi connectivity index (χ4v) is 4.78. The number of rotatable bonds is 5. The van der Waals surface area contributed by atoms with E-state index in [0.29, 0.717) is 38.3 Å². The third-order valence-corrected chi connectivity index (χ3v) is 6.54. The summed E-state index contributed by atoms with van der Waals surface area (Å²) in [5, 5.41) is 3.94. The van der Waals surface area contributed by atoms with E-state index in [1.165, 1.54) is 29.3 Å². The molecule has 1 N–H and O–H groups in total. The first-order valence-electron chi connectivity index (χ1n) is 11.0. The minimum Gasteiger partial charge on any atom is -0.368 e. The van der Waals surface area contributed by atoms with Crippen molar-refractivity contribution in [3.8, 4) is 0 Å². The Hall–Kier alpha value is -2.87. The van der Waals surface area contributed by atoms with Crippen molar-refractivity contribution in [1.29, 1.82) is 0 Å². The Morgan fingerprint density at radius 3 is 2.46 bits per heavy atom. The number of anilines is 2. The Kier molecular flexibility index (Phi) is 6.95. The second kappa shape index (κ2) is 9.64. The first-order valence-corrected chi connectivity index (χ1v) is 12.9. The van der Waals surface area contributed by atoms with Crippen LogP contribution in [0.5, 0.6) is 0 Å². The van der Waals surface area contributed by atoms with Gasteiger partial charge in [-0.2, -0.15) is 17.9 Å². The van der Waals surface area contributed by atoms with Crippen LogP contribution in [0.4, 0.5) is 33.9 Å². The highest BCUT2D eigenvalue weighted by atomic mass is 32.2. The van der Waals surface area contributed by atoms with Crippen LogP contribution in [0.2, 0.25) is 0 Å². The van der Waals surface area contributed by atoms with Crippen LogP contribution in [0.15, 0.2) is 30.5 Å². The number of sulfonamides is 1. The molecule has 35 heavy (non-hydrogen) atoms. The van der Waals surface area contributed by atoms with E-state index in [1.807, 2.05) is 4.90 Å². The second-order valence-corrected chi connectivity index (χ2v) is 10.5. The topological polar surface area (TPSA) is 90.8 Å². The minimum absolute atomic E-state index is 0.00107. The zero-order valence-corrected chi connectivity index (χ0v) is 19.8. The second-order valence-electron chi connectivity index (χ2n) is 8.75. The lowest BCUT2D eigenvalue weighted by Gasteiger charge is -2.34. The average Bonchev–Trinajstić information content (AvgIpc) is 3.41. The van der Waals surface area contributed by atoms with Gasteiger partial charge in [0.05, 0.1) is 11.8 Å². The molecule has 1 aromatic heterocycles. The molecule has 4 rings (SSSR count). The summed E-state index contributed by atoms with van der Waals surface area (Å²) in [5.41, 5.74) is -0.0884. The number of piperazine rings is 1. The number of carbonyl (C=O) groups excluding carboxylic acids is 1. The zero-order chi connectivity index (χ0) is 25.4. The lowest BCUT2D eigenvalue weighted by molar-refractivity contribution is -0.137. The number of halogens is 4. The van der Waals surface area contributed by atoms with Crippen LogP contribution in [-0.2, 0) is 22.7 Å². The number of aromatic nitrogens is 2. The van der Waals surface area contributed by atoms with E-state index in [4.69, 9.17) is 0 Å². The maximum absolute atomic E-state index is 13.7. The third-order valence-electron chi connectivity index (χ3n) is 5.96. The molecular formula is C21H26F4N6O3S. The lowest BCUT2D eigenvalue weighted by atomic mass is 10.1. The Bertz CT molecular complexity index is 1180. The van der Waals surface area contributed by atoms with Gasteiger partial charge >= 0.3 is 12.2 Å². The molecule has 2 saturated heterocycles. The summed E-state index contributed by atoms with van der Waals surface area (Å²) >= 11 is 0. The molecule has 0 spiro atoms. The van der Waals surface area contributed by atoms with Crippen LogP contribution in [0.3, 0.4) is 0 Å². The van der Waals surface area contributed by atoms with Crippen molar-refractivity contribution in [2.75, 3.05) is 55.1 Å². The van der Waals surface area contributed by atoms with Crippen molar-refractivity contribution in [3.63, 3.8) is 0 Å². The quantitative estimate of drug-likeness (QED) is 0.612. The summed E-state index contributed by atoms with van der Waals surface area (Å²) in [5.74, 6) is 0.0367. The van der Waals surface area contributed by atoms with Crippen LogP contribution in [-0.4, -0.2) is 85.7 Å². The Morgan fingerprint density at radius 2 is 1.86 bits per heavy atom. The molecule has 0 saturated carbocycles. The highest BCUT2D eigenvalue weighted by Gasteiger charge is 2.36. The van der Waals surface area contributed by atoms with Gasteiger partial charge in [0.2, 0.25) is 10.0 Å². The molecule has 0 bridgehead atoms. The van der Waals surface area contributed by atoms with Crippen molar-refractivity contribution in [2.24, 2.45) is 0 Å².